The third kappa shape index (κ3) is 2.98. The van der Waals surface area contributed by atoms with E-state index < -0.39 is 0 Å². The summed E-state index contributed by atoms with van der Waals surface area (Å²) in [4.78, 5) is 5.61. The summed E-state index contributed by atoms with van der Waals surface area (Å²) in [5.41, 5.74) is 0.0225. The minimum atomic E-state index is 0.0225. The van der Waals surface area contributed by atoms with E-state index in [1.165, 1.54) is 12.4 Å². The summed E-state index contributed by atoms with van der Waals surface area (Å²) in [6.45, 7) is 0. The molecule has 0 atom stereocenters. The predicted molar refractivity (Wildman–Crippen MR) is 57.0 cm³/mol. The van der Waals surface area contributed by atoms with Crippen molar-refractivity contribution < 1.29 is 0 Å². The van der Waals surface area contributed by atoms with Gasteiger partial charge < -0.3 is 4.90 Å². The molecular weight excluding hydrogens is 212 g/mol. The molecule has 0 saturated carbocycles. The number of rotatable bonds is 2. The third-order valence-electron chi connectivity index (χ3n) is 1.64. The van der Waals surface area contributed by atoms with Gasteiger partial charge in [-0.15, -0.1) is 0 Å². The molecule has 0 bridgehead atoms. The van der Waals surface area contributed by atoms with Crippen LogP contribution in [0.4, 0.5) is 5.82 Å². The molecule has 0 spiro atoms. The van der Waals surface area contributed by atoms with Crippen LogP contribution in [0, 0.1) is 22.7 Å². The smallest absolute Gasteiger partial charge is 0.145 e. The number of hydrogen-bond donors (Lipinski definition) is 0. The molecule has 0 aromatic carbocycles. The Labute approximate surface area is 92.6 Å². The Bertz CT molecular complexity index is 434. The largest absolute Gasteiger partial charge is 0.334 e. The van der Waals surface area contributed by atoms with Crippen LogP contribution in [0.15, 0.2) is 30.1 Å². The van der Waals surface area contributed by atoms with E-state index >= 15 is 0 Å². The van der Waals surface area contributed by atoms with E-state index in [4.69, 9.17) is 22.1 Å². The summed E-state index contributed by atoms with van der Waals surface area (Å²) in [7, 11) is 1.70. The summed E-state index contributed by atoms with van der Waals surface area (Å²) in [5.74, 6) is 0.613. The number of anilines is 1. The quantitative estimate of drug-likeness (QED) is 0.713. The number of nitrogens with zero attached hydrogens (tertiary/aromatic N) is 4. The molecule has 0 N–H and O–H groups in total. The second kappa shape index (κ2) is 4.99. The van der Waals surface area contributed by atoms with Crippen LogP contribution in [0.25, 0.3) is 0 Å². The highest BCUT2D eigenvalue weighted by Gasteiger charge is 2.01. The first kappa shape index (κ1) is 11.0. The standard InChI is InChI=1S/C10H7ClN4/c1-15(7-8(4-12)5-13)10-3-2-9(11)6-14-10/h2-3,6-7H,1H3. The Hall–Kier alpha value is -2.04. The first-order chi connectivity index (χ1) is 7.17. The molecule has 4 nitrogen and oxygen atoms in total. The topological polar surface area (TPSA) is 63.7 Å². The van der Waals surface area contributed by atoms with Crippen molar-refractivity contribution in [1.82, 2.24) is 4.98 Å². The molecule has 0 unspecified atom stereocenters. The molecule has 0 fully saturated rings. The van der Waals surface area contributed by atoms with Gasteiger partial charge in [-0.25, -0.2) is 4.98 Å². The van der Waals surface area contributed by atoms with Gasteiger partial charge in [0.2, 0.25) is 0 Å². The molecule has 0 radical (unpaired) electrons. The van der Waals surface area contributed by atoms with E-state index in [0.717, 1.165) is 0 Å². The van der Waals surface area contributed by atoms with E-state index in [0.29, 0.717) is 10.8 Å². The summed E-state index contributed by atoms with van der Waals surface area (Å²) >= 11 is 5.68. The van der Waals surface area contributed by atoms with E-state index in [-0.39, 0.29) is 5.57 Å². The van der Waals surface area contributed by atoms with Crippen molar-refractivity contribution in [1.29, 1.82) is 10.5 Å². The highest BCUT2D eigenvalue weighted by molar-refractivity contribution is 6.30. The fraction of sp³-hybridized carbons (Fsp3) is 0.100. The molecule has 0 aliphatic heterocycles. The highest BCUT2D eigenvalue weighted by atomic mass is 35.5. The molecule has 0 amide bonds. The maximum Gasteiger partial charge on any atom is 0.145 e. The number of halogens is 1. The van der Waals surface area contributed by atoms with Crippen molar-refractivity contribution in [3.8, 4) is 12.1 Å². The fourth-order valence-corrected chi connectivity index (χ4v) is 1.03. The van der Waals surface area contributed by atoms with Gasteiger partial charge >= 0.3 is 0 Å². The molecular formula is C10H7ClN4. The average Bonchev–Trinajstić information content (AvgIpc) is 2.26. The maximum absolute atomic E-state index is 8.56. The van der Waals surface area contributed by atoms with Gasteiger partial charge in [0.15, 0.2) is 0 Å². The summed E-state index contributed by atoms with van der Waals surface area (Å²) in [6.07, 6.45) is 2.91. The van der Waals surface area contributed by atoms with Crippen molar-refractivity contribution in [2.75, 3.05) is 11.9 Å². The maximum atomic E-state index is 8.56. The first-order valence-electron chi connectivity index (χ1n) is 4.04. The SMILES string of the molecule is CN(C=C(C#N)C#N)c1ccc(Cl)cn1. The van der Waals surface area contributed by atoms with Crippen LogP contribution in [-0.2, 0) is 0 Å². The Morgan fingerprint density at radius 2 is 2.13 bits per heavy atom. The van der Waals surface area contributed by atoms with Gasteiger partial charge in [-0.05, 0) is 12.1 Å². The fourth-order valence-electron chi connectivity index (χ4n) is 0.919. The summed E-state index contributed by atoms with van der Waals surface area (Å²) in [5, 5.41) is 17.7. The molecule has 15 heavy (non-hydrogen) atoms. The minimum Gasteiger partial charge on any atom is -0.334 e. The van der Waals surface area contributed by atoms with Crippen LogP contribution in [-0.4, -0.2) is 12.0 Å². The zero-order chi connectivity index (χ0) is 11.3. The number of allylic oxidation sites excluding steroid dienone is 1. The van der Waals surface area contributed by atoms with Crippen molar-refractivity contribution in [2.45, 2.75) is 0 Å². The van der Waals surface area contributed by atoms with E-state index in [1.54, 1.807) is 36.2 Å². The monoisotopic (exact) mass is 218 g/mol. The van der Waals surface area contributed by atoms with E-state index in [2.05, 4.69) is 4.98 Å². The zero-order valence-corrected chi connectivity index (χ0v) is 8.73. The van der Waals surface area contributed by atoms with Crippen molar-refractivity contribution in [2.24, 2.45) is 0 Å². The van der Waals surface area contributed by atoms with Crippen molar-refractivity contribution >= 4 is 17.4 Å². The van der Waals surface area contributed by atoms with E-state index in [1.807, 2.05) is 0 Å². The summed E-state index contributed by atoms with van der Waals surface area (Å²) < 4.78 is 0. The number of hydrogen-bond acceptors (Lipinski definition) is 4. The first-order valence-corrected chi connectivity index (χ1v) is 4.41. The number of nitriles is 2. The van der Waals surface area contributed by atoms with Crippen molar-refractivity contribution in [3.63, 3.8) is 0 Å². The Morgan fingerprint density at radius 1 is 1.47 bits per heavy atom. The average molecular weight is 219 g/mol. The summed E-state index contributed by atoms with van der Waals surface area (Å²) in [6, 6.07) is 6.92. The van der Waals surface area contributed by atoms with Gasteiger partial charge in [0.1, 0.15) is 23.5 Å². The Kier molecular flexibility index (Phi) is 3.68. The van der Waals surface area contributed by atoms with Crippen molar-refractivity contribution in [3.05, 3.63) is 35.1 Å². The number of pyridine rings is 1. The van der Waals surface area contributed by atoms with E-state index in [9.17, 15) is 0 Å². The lowest BCUT2D eigenvalue weighted by atomic mass is 10.3. The molecule has 1 heterocycles. The van der Waals surface area contributed by atoms with Crippen LogP contribution in [0.3, 0.4) is 0 Å². The molecule has 1 aromatic rings. The van der Waals surface area contributed by atoms with Gasteiger partial charge in [0.25, 0.3) is 0 Å². The lowest BCUT2D eigenvalue weighted by Crippen LogP contribution is -2.10. The zero-order valence-electron chi connectivity index (χ0n) is 7.98. The van der Waals surface area contributed by atoms with Gasteiger partial charge in [-0.1, -0.05) is 11.6 Å². The lowest BCUT2D eigenvalue weighted by Gasteiger charge is -2.11. The van der Waals surface area contributed by atoms with Crippen LogP contribution >= 0.6 is 11.6 Å². The van der Waals surface area contributed by atoms with Gasteiger partial charge in [0.05, 0.1) is 5.02 Å². The second-order valence-electron chi connectivity index (χ2n) is 2.71. The predicted octanol–water partition coefficient (Wildman–Crippen LogP) is 2.10. The molecule has 1 aromatic heterocycles. The third-order valence-corrected chi connectivity index (χ3v) is 1.86. The van der Waals surface area contributed by atoms with Gasteiger partial charge in [-0.2, -0.15) is 10.5 Å². The normalized spacial score (nSPS) is 8.53. The van der Waals surface area contributed by atoms with Gasteiger partial charge in [0, 0.05) is 19.4 Å². The highest BCUT2D eigenvalue weighted by Crippen LogP contribution is 2.13. The molecule has 0 saturated heterocycles. The van der Waals surface area contributed by atoms with Crippen LogP contribution in [0.5, 0.6) is 0 Å². The molecule has 5 heteroatoms. The molecule has 1 rings (SSSR count). The Morgan fingerprint density at radius 3 is 2.60 bits per heavy atom. The van der Waals surface area contributed by atoms with Crippen LogP contribution in [0.2, 0.25) is 5.02 Å². The number of aromatic nitrogens is 1. The Balaban J connectivity index is 2.92. The van der Waals surface area contributed by atoms with Crippen LogP contribution in [0.1, 0.15) is 0 Å². The molecule has 0 aliphatic carbocycles. The van der Waals surface area contributed by atoms with Crippen LogP contribution < -0.4 is 4.90 Å². The van der Waals surface area contributed by atoms with Gasteiger partial charge in [-0.3, -0.25) is 0 Å². The molecule has 0 aliphatic rings. The minimum absolute atomic E-state index is 0.0225. The molecule has 74 valence electrons. The second-order valence-corrected chi connectivity index (χ2v) is 3.15. The lowest BCUT2D eigenvalue weighted by molar-refractivity contribution is 1.12.